The van der Waals surface area contributed by atoms with Gasteiger partial charge in [0.05, 0.1) is 16.7 Å². The van der Waals surface area contributed by atoms with Gasteiger partial charge in [0, 0.05) is 24.7 Å². The first kappa shape index (κ1) is 17.6. The first-order chi connectivity index (χ1) is 11.0. The third-order valence-electron chi connectivity index (χ3n) is 3.89. The van der Waals surface area contributed by atoms with E-state index in [0.29, 0.717) is 41.2 Å². The molecule has 0 bridgehead atoms. The Balaban J connectivity index is 1.87. The molecule has 0 aliphatic carbocycles. The van der Waals surface area contributed by atoms with Crippen LogP contribution in [-0.2, 0) is 4.79 Å². The van der Waals surface area contributed by atoms with Crippen LogP contribution in [0.25, 0.3) is 0 Å². The molecule has 7 heteroatoms. The third kappa shape index (κ3) is 4.85. The monoisotopic (exact) mass is 353 g/mol. The fourth-order valence-electron chi connectivity index (χ4n) is 2.56. The van der Waals surface area contributed by atoms with E-state index >= 15 is 0 Å². The second-order valence-corrected chi connectivity index (χ2v) is 6.34. The molecule has 1 aliphatic rings. The van der Waals surface area contributed by atoms with Crippen molar-refractivity contribution in [1.29, 1.82) is 5.26 Å². The molecule has 5 nitrogen and oxygen atoms in total. The van der Waals surface area contributed by atoms with Crippen molar-refractivity contribution in [3.63, 3.8) is 0 Å². The SMILES string of the molecule is N#CCC(=O)NCC1CCN(C(=O)c2cc(Cl)ccc2Cl)CC1. The molecule has 1 saturated heterocycles. The highest BCUT2D eigenvalue weighted by atomic mass is 35.5. The zero-order chi connectivity index (χ0) is 16.8. The Kier molecular flexibility index (Phi) is 6.26. The number of carbonyl (C=O) groups is 2. The van der Waals surface area contributed by atoms with Crippen LogP contribution in [0.2, 0.25) is 10.0 Å². The number of nitriles is 1. The molecule has 1 N–H and O–H groups in total. The minimum absolute atomic E-state index is 0.120. The van der Waals surface area contributed by atoms with Crippen LogP contribution in [0.1, 0.15) is 29.6 Å². The quantitative estimate of drug-likeness (QED) is 0.904. The molecule has 23 heavy (non-hydrogen) atoms. The summed E-state index contributed by atoms with van der Waals surface area (Å²) < 4.78 is 0. The van der Waals surface area contributed by atoms with Crippen molar-refractivity contribution >= 4 is 35.0 Å². The summed E-state index contributed by atoms with van der Waals surface area (Å²) in [6.07, 6.45) is 1.48. The number of piperidine rings is 1. The molecule has 1 aromatic rings. The molecule has 2 amide bonds. The van der Waals surface area contributed by atoms with Gasteiger partial charge in [0.15, 0.2) is 0 Å². The first-order valence-electron chi connectivity index (χ1n) is 7.39. The lowest BCUT2D eigenvalue weighted by molar-refractivity contribution is -0.120. The van der Waals surface area contributed by atoms with Crippen molar-refractivity contribution in [2.45, 2.75) is 19.3 Å². The number of likely N-dealkylation sites (tertiary alicyclic amines) is 1. The molecule has 1 aliphatic heterocycles. The number of amides is 2. The van der Waals surface area contributed by atoms with E-state index in [1.807, 2.05) is 6.07 Å². The Morgan fingerprint density at radius 2 is 2.00 bits per heavy atom. The van der Waals surface area contributed by atoms with Gasteiger partial charge in [0.2, 0.25) is 5.91 Å². The molecule has 0 aromatic heterocycles. The normalized spacial score (nSPS) is 15.1. The van der Waals surface area contributed by atoms with Gasteiger partial charge in [0.1, 0.15) is 6.42 Å². The van der Waals surface area contributed by atoms with Crippen molar-refractivity contribution in [3.8, 4) is 6.07 Å². The van der Waals surface area contributed by atoms with Gasteiger partial charge in [-0.15, -0.1) is 0 Å². The number of rotatable bonds is 4. The fraction of sp³-hybridized carbons (Fsp3) is 0.438. The van der Waals surface area contributed by atoms with E-state index in [0.717, 1.165) is 12.8 Å². The van der Waals surface area contributed by atoms with Crippen LogP contribution < -0.4 is 5.32 Å². The summed E-state index contributed by atoms with van der Waals surface area (Å²) in [5, 5.41) is 12.1. The second-order valence-electron chi connectivity index (χ2n) is 5.50. The summed E-state index contributed by atoms with van der Waals surface area (Å²) in [6.45, 7) is 1.77. The number of nitrogens with one attached hydrogen (secondary N) is 1. The maximum absolute atomic E-state index is 12.5. The average Bonchev–Trinajstić information content (AvgIpc) is 2.55. The topological polar surface area (TPSA) is 73.2 Å². The maximum Gasteiger partial charge on any atom is 0.255 e. The van der Waals surface area contributed by atoms with Gasteiger partial charge in [-0.1, -0.05) is 23.2 Å². The van der Waals surface area contributed by atoms with Crippen LogP contribution in [-0.4, -0.2) is 36.3 Å². The van der Waals surface area contributed by atoms with Crippen molar-refractivity contribution in [2.75, 3.05) is 19.6 Å². The highest BCUT2D eigenvalue weighted by Crippen LogP contribution is 2.24. The molecular weight excluding hydrogens is 337 g/mol. The predicted molar refractivity (Wildman–Crippen MR) is 88.3 cm³/mol. The number of nitrogens with zero attached hydrogens (tertiary/aromatic N) is 2. The van der Waals surface area contributed by atoms with Crippen LogP contribution in [0.15, 0.2) is 18.2 Å². The summed E-state index contributed by atoms with van der Waals surface area (Å²) >= 11 is 12.0. The van der Waals surface area contributed by atoms with Crippen LogP contribution in [0.4, 0.5) is 0 Å². The Morgan fingerprint density at radius 3 is 2.65 bits per heavy atom. The second kappa shape index (κ2) is 8.19. The summed E-state index contributed by atoms with van der Waals surface area (Å²) in [5.41, 5.74) is 0.417. The minimum atomic E-state index is -0.253. The molecule has 0 saturated carbocycles. The Bertz CT molecular complexity index is 635. The Labute approximate surface area is 145 Å². The summed E-state index contributed by atoms with van der Waals surface area (Å²) in [4.78, 5) is 25.6. The Hall–Kier alpha value is -1.77. The standard InChI is InChI=1S/C16H17Cl2N3O2/c17-12-1-2-14(18)13(9-12)16(23)21-7-4-11(5-8-21)10-20-15(22)3-6-19/h1-2,9,11H,3-5,7-8,10H2,(H,20,22). The van der Waals surface area contributed by atoms with Gasteiger partial charge in [-0.2, -0.15) is 5.26 Å². The van der Waals surface area contributed by atoms with Crippen molar-refractivity contribution < 1.29 is 9.59 Å². The average molecular weight is 354 g/mol. The molecule has 2 rings (SSSR count). The Morgan fingerprint density at radius 1 is 1.30 bits per heavy atom. The van der Waals surface area contributed by atoms with Gasteiger partial charge >= 0.3 is 0 Å². The first-order valence-corrected chi connectivity index (χ1v) is 8.15. The van der Waals surface area contributed by atoms with E-state index in [-0.39, 0.29) is 18.2 Å². The zero-order valence-corrected chi connectivity index (χ0v) is 14.0. The van der Waals surface area contributed by atoms with E-state index in [1.165, 1.54) is 0 Å². The number of hydrogen-bond acceptors (Lipinski definition) is 3. The summed E-state index contributed by atoms with van der Waals surface area (Å²) in [6, 6.07) is 6.67. The molecule has 0 radical (unpaired) electrons. The molecule has 1 aromatic carbocycles. The molecule has 0 unspecified atom stereocenters. The summed E-state index contributed by atoms with van der Waals surface area (Å²) in [5.74, 6) is -0.0577. The molecule has 122 valence electrons. The zero-order valence-electron chi connectivity index (χ0n) is 12.5. The molecular formula is C16H17Cl2N3O2. The minimum Gasteiger partial charge on any atom is -0.355 e. The highest BCUT2D eigenvalue weighted by Gasteiger charge is 2.25. The lowest BCUT2D eigenvalue weighted by atomic mass is 9.96. The van der Waals surface area contributed by atoms with Crippen LogP contribution in [0, 0.1) is 17.2 Å². The van der Waals surface area contributed by atoms with E-state index < -0.39 is 0 Å². The fourth-order valence-corrected chi connectivity index (χ4v) is 2.93. The number of hydrogen-bond donors (Lipinski definition) is 1. The molecule has 1 heterocycles. The van der Waals surface area contributed by atoms with E-state index in [1.54, 1.807) is 23.1 Å². The van der Waals surface area contributed by atoms with Crippen LogP contribution in [0.5, 0.6) is 0 Å². The van der Waals surface area contributed by atoms with Crippen LogP contribution in [0.3, 0.4) is 0 Å². The largest absolute Gasteiger partial charge is 0.355 e. The predicted octanol–water partition coefficient (Wildman–Crippen LogP) is 2.88. The number of halogens is 2. The van der Waals surface area contributed by atoms with Crippen LogP contribution >= 0.6 is 23.2 Å². The number of carbonyl (C=O) groups excluding carboxylic acids is 2. The van der Waals surface area contributed by atoms with E-state index in [9.17, 15) is 9.59 Å². The molecule has 0 atom stereocenters. The molecule has 0 spiro atoms. The van der Waals surface area contributed by atoms with E-state index in [4.69, 9.17) is 28.5 Å². The van der Waals surface area contributed by atoms with Gasteiger partial charge in [0.25, 0.3) is 5.91 Å². The van der Waals surface area contributed by atoms with Gasteiger partial charge < -0.3 is 10.2 Å². The molecule has 1 fully saturated rings. The third-order valence-corrected chi connectivity index (χ3v) is 4.45. The maximum atomic E-state index is 12.5. The van der Waals surface area contributed by atoms with Crippen molar-refractivity contribution in [1.82, 2.24) is 10.2 Å². The summed E-state index contributed by atoms with van der Waals surface area (Å²) in [7, 11) is 0. The van der Waals surface area contributed by atoms with Crippen molar-refractivity contribution in [2.24, 2.45) is 5.92 Å². The van der Waals surface area contributed by atoms with Gasteiger partial charge in [-0.05, 0) is 37.0 Å². The van der Waals surface area contributed by atoms with Crippen molar-refractivity contribution in [3.05, 3.63) is 33.8 Å². The van der Waals surface area contributed by atoms with Gasteiger partial charge in [-0.25, -0.2) is 0 Å². The highest BCUT2D eigenvalue weighted by molar-refractivity contribution is 6.35. The smallest absolute Gasteiger partial charge is 0.255 e. The lowest BCUT2D eigenvalue weighted by Gasteiger charge is -2.32. The number of benzene rings is 1. The van der Waals surface area contributed by atoms with E-state index in [2.05, 4.69) is 5.32 Å². The lowest BCUT2D eigenvalue weighted by Crippen LogP contribution is -2.41. The van der Waals surface area contributed by atoms with Gasteiger partial charge in [-0.3, -0.25) is 9.59 Å².